The highest BCUT2D eigenvalue weighted by Crippen LogP contribution is 2.30. The predicted octanol–water partition coefficient (Wildman–Crippen LogP) is 3.15. The molecule has 16 heavy (non-hydrogen) atoms. The van der Waals surface area contributed by atoms with Crippen LogP contribution in [0.3, 0.4) is 0 Å². The van der Waals surface area contributed by atoms with Crippen LogP contribution in [-0.4, -0.2) is 13.7 Å². The Hall–Kier alpha value is -1.02. The summed E-state index contributed by atoms with van der Waals surface area (Å²) < 4.78 is 5.27. The second-order valence-electron chi connectivity index (χ2n) is 4.51. The van der Waals surface area contributed by atoms with Gasteiger partial charge in [-0.3, -0.25) is 0 Å². The molecule has 0 spiro atoms. The molecule has 2 N–H and O–H groups in total. The van der Waals surface area contributed by atoms with Gasteiger partial charge in [0.2, 0.25) is 0 Å². The van der Waals surface area contributed by atoms with Crippen molar-refractivity contribution in [3.05, 3.63) is 28.8 Å². The van der Waals surface area contributed by atoms with Crippen LogP contribution in [0.1, 0.15) is 42.4 Å². The van der Waals surface area contributed by atoms with Crippen LogP contribution in [0, 0.1) is 13.8 Å². The summed E-state index contributed by atoms with van der Waals surface area (Å²) in [6.07, 6.45) is 2.25. The van der Waals surface area contributed by atoms with Crippen LogP contribution in [0.25, 0.3) is 0 Å². The van der Waals surface area contributed by atoms with Crippen molar-refractivity contribution in [1.29, 1.82) is 0 Å². The zero-order valence-electron chi connectivity index (χ0n) is 10.8. The molecule has 0 heterocycles. The Balaban J connectivity index is 2.95. The standard InChI is InChI=1S/C14H23NO/c1-10(6-5-7-15)14-11(2)8-13(16-4)9-12(14)3/h8-10H,5-7,15H2,1-4H3. The zero-order valence-corrected chi connectivity index (χ0v) is 10.8. The number of aryl methyl sites for hydroxylation is 2. The maximum absolute atomic E-state index is 5.56. The lowest BCUT2D eigenvalue weighted by Gasteiger charge is -2.18. The summed E-state index contributed by atoms with van der Waals surface area (Å²) in [6, 6.07) is 4.22. The molecule has 2 heteroatoms. The third-order valence-corrected chi connectivity index (χ3v) is 3.14. The number of ether oxygens (including phenoxy) is 1. The molecule has 0 aliphatic heterocycles. The minimum absolute atomic E-state index is 0.578. The van der Waals surface area contributed by atoms with E-state index in [1.54, 1.807) is 7.11 Å². The van der Waals surface area contributed by atoms with Gasteiger partial charge in [0.25, 0.3) is 0 Å². The molecule has 1 aromatic rings. The monoisotopic (exact) mass is 221 g/mol. The zero-order chi connectivity index (χ0) is 12.1. The molecule has 1 atom stereocenters. The Morgan fingerprint density at radius 3 is 2.25 bits per heavy atom. The van der Waals surface area contributed by atoms with Gasteiger partial charge in [0, 0.05) is 0 Å². The Labute approximate surface area is 98.8 Å². The topological polar surface area (TPSA) is 35.2 Å². The van der Waals surface area contributed by atoms with Gasteiger partial charge in [0.05, 0.1) is 7.11 Å². The van der Waals surface area contributed by atoms with Gasteiger partial charge in [-0.05, 0) is 68.0 Å². The van der Waals surface area contributed by atoms with Crippen molar-refractivity contribution >= 4 is 0 Å². The number of nitrogens with two attached hydrogens (primary N) is 1. The van der Waals surface area contributed by atoms with Crippen molar-refractivity contribution in [1.82, 2.24) is 0 Å². The average molecular weight is 221 g/mol. The molecule has 0 saturated heterocycles. The van der Waals surface area contributed by atoms with Crippen molar-refractivity contribution in [2.45, 2.75) is 39.5 Å². The Kier molecular flexibility index (Phi) is 4.81. The maximum Gasteiger partial charge on any atom is 0.119 e. The predicted molar refractivity (Wildman–Crippen MR) is 69.2 cm³/mol. The first-order valence-electron chi connectivity index (χ1n) is 5.95. The van der Waals surface area contributed by atoms with E-state index in [0.29, 0.717) is 5.92 Å². The van der Waals surface area contributed by atoms with Gasteiger partial charge in [-0.15, -0.1) is 0 Å². The van der Waals surface area contributed by atoms with Crippen molar-refractivity contribution in [3.63, 3.8) is 0 Å². The van der Waals surface area contributed by atoms with Crippen molar-refractivity contribution < 1.29 is 4.74 Å². The van der Waals surface area contributed by atoms with Crippen LogP contribution in [-0.2, 0) is 0 Å². The van der Waals surface area contributed by atoms with Crippen molar-refractivity contribution in [3.8, 4) is 5.75 Å². The molecular formula is C14H23NO. The molecule has 90 valence electrons. The van der Waals surface area contributed by atoms with Crippen molar-refractivity contribution in [2.24, 2.45) is 5.73 Å². The van der Waals surface area contributed by atoms with E-state index in [1.807, 2.05) is 0 Å². The third kappa shape index (κ3) is 2.99. The van der Waals surface area contributed by atoms with E-state index in [9.17, 15) is 0 Å². The van der Waals surface area contributed by atoms with E-state index in [1.165, 1.54) is 16.7 Å². The second kappa shape index (κ2) is 5.90. The highest BCUT2D eigenvalue weighted by atomic mass is 16.5. The molecule has 2 nitrogen and oxygen atoms in total. The molecule has 0 saturated carbocycles. The molecule has 0 amide bonds. The molecule has 0 aliphatic carbocycles. The van der Waals surface area contributed by atoms with Gasteiger partial charge >= 0.3 is 0 Å². The minimum Gasteiger partial charge on any atom is -0.497 e. The molecule has 0 bridgehead atoms. The molecule has 0 aromatic heterocycles. The fourth-order valence-corrected chi connectivity index (χ4v) is 2.40. The fraction of sp³-hybridized carbons (Fsp3) is 0.571. The molecule has 1 rings (SSSR count). The normalized spacial score (nSPS) is 12.6. The first kappa shape index (κ1) is 13.0. The summed E-state index contributed by atoms with van der Waals surface area (Å²) in [5.41, 5.74) is 9.65. The van der Waals surface area contributed by atoms with Gasteiger partial charge in [-0.2, -0.15) is 0 Å². The number of hydrogen-bond acceptors (Lipinski definition) is 2. The van der Waals surface area contributed by atoms with E-state index in [4.69, 9.17) is 10.5 Å². The van der Waals surface area contributed by atoms with Crippen LogP contribution in [0.5, 0.6) is 5.75 Å². The van der Waals surface area contributed by atoms with E-state index < -0.39 is 0 Å². The highest BCUT2D eigenvalue weighted by Gasteiger charge is 2.12. The second-order valence-corrected chi connectivity index (χ2v) is 4.51. The lowest BCUT2D eigenvalue weighted by Crippen LogP contribution is -2.05. The summed E-state index contributed by atoms with van der Waals surface area (Å²) >= 11 is 0. The van der Waals surface area contributed by atoms with E-state index in [0.717, 1.165) is 25.1 Å². The van der Waals surface area contributed by atoms with Gasteiger partial charge in [-0.25, -0.2) is 0 Å². The molecule has 0 aliphatic rings. The number of rotatable bonds is 5. The summed E-state index contributed by atoms with van der Waals surface area (Å²) in [4.78, 5) is 0. The fourth-order valence-electron chi connectivity index (χ4n) is 2.40. The molecule has 1 aromatic carbocycles. The molecule has 0 fully saturated rings. The number of methoxy groups -OCH3 is 1. The minimum atomic E-state index is 0.578. The lowest BCUT2D eigenvalue weighted by atomic mass is 9.89. The van der Waals surface area contributed by atoms with Crippen LogP contribution < -0.4 is 10.5 Å². The summed E-state index contributed by atoms with van der Waals surface area (Å²) in [5, 5.41) is 0. The van der Waals surface area contributed by atoms with Gasteiger partial charge in [0.15, 0.2) is 0 Å². The smallest absolute Gasteiger partial charge is 0.119 e. The van der Waals surface area contributed by atoms with Gasteiger partial charge < -0.3 is 10.5 Å². The number of benzene rings is 1. The lowest BCUT2D eigenvalue weighted by molar-refractivity contribution is 0.413. The Bertz CT molecular complexity index is 324. The van der Waals surface area contributed by atoms with Crippen LogP contribution >= 0.6 is 0 Å². The maximum atomic E-state index is 5.56. The summed E-state index contributed by atoms with van der Waals surface area (Å²) in [6.45, 7) is 7.36. The van der Waals surface area contributed by atoms with E-state index in [2.05, 4.69) is 32.9 Å². The molecular weight excluding hydrogens is 198 g/mol. The molecule has 0 radical (unpaired) electrons. The van der Waals surface area contributed by atoms with Crippen LogP contribution in [0.4, 0.5) is 0 Å². The average Bonchev–Trinajstić information content (AvgIpc) is 2.25. The highest BCUT2D eigenvalue weighted by molar-refractivity contribution is 5.42. The first-order chi connectivity index (χ1) is 7.60. The molecule has 1 unspecified atom stereocenters. The Morgan fingerprint density at radius 1 is 1.25 bits per heavy atom. The van der Waals surface area contributed by atoms with Gasteiger partial charge in [0.1, 0.15) is 5.75 Å². The Morgan fingerprint density at radius 2 is 1.81 bits per heavy atom. The van der Waals surface area contributed by atoms with Crippen LogP contribution in [0.2, 0.25) is 0 Å². The van der Waals surface area contributed by atoms with E-state index in [-0.39, 0.29) is 0 Å². The summed E-state index contributed by atoms with van der Waals surface area (Å²) in [5.74, 6) is 1.53. The first-order valence-corrected chi connectivity index (χ1v) is 5.95. The third-order valence-electron chi connectivity index (χ3n) is 3.14. The SMILES string of the molecule is COc1cc(C)c(C(C)CCCN)c(C)c1. The van der Waals surface area contributed by atoms with Crippen molar-refractivity contribution in [2.75, 3.05) is 13.7 Å². The van der Waals surface area contributed by atoms with Crippen LogP contribution in [0.15, 0.2) is 12.1 Å². The van der Waals surface area contributed by atoms with Gasteiger partial charge in [-0.1, -0.05) is 6.92 Å². The number of hydrogen-bond donors (Lipinski definition) is 1. The van der Waals surface area contributed by atoms with E-state index >= 15 is 0 Å². The largest absolute Gasteiger partial charge is 0.497 e. The summed E-state index contributed by atoms with van der Waals surface area (Å²) in [7, 11) is 1.71. The quantitative estimate of drug-likeness (QED) is 0.829.